The number of carbonyl (C=O) groups is 1. The van der Waals surface area contributed by atoms with E-state index < -0.39 is 0 Å². The predicted octanol–water partition coefficient (Wildman–Crippen LogP) is 3.44. The standard InChI is InChI=1S/C18H22N2O2/c1-13(2)14-6-8-15(9-7-14)17-16(18(21)22-19-17)12-20-10-4-3-5-11-20/h6-9,12-13H,3-5,10-11H2,1-2H3. The van der Waals surface area contributed by atoms with E-state index in [-0.39, 0.29) is 5.97 Å². The molecular formula is C18H22N2O2. The van der Waals surface area contributed by atoms with Crippen molar-refractivity contribution in [2.45, 2.75) is 39.0 Å². The summed E-state index contributed by atoms with van der Waals surface area (Å²) in [6.45, 7) is 6.32. The first kappa shape index (κ1) is 14.8. The molecule has 0 aromatic heterocycles. The Bertz CT molecular complexity index is 608. The molecule has 0 saturated carbocycles. The van der Waals surface area contributed by atoms with Crippen LogP contribution >= 0.6 is 0 Å². The minimum atomic E-state index is -0.353. The molecule has 0 spiro atoms. The third kappa shape index (κ3) is 3.06. The summed E-state index contributed by atoms with van der Waals surface area (Å²) >= 11 is 0. The number of hydrogen-bond acceptors (Lipinski definition) is 4. The topological polar surface area (TPSA) is 41.9 Å². The van der Waals surface area contributed by atoms with Gasteiger partial charge >= 0.3 is 5.97 Å². The predicted molar refractivity (Wildman–Crippen MR) is 86.7 cm³/mol. The smallest absolute Gasteiger partial charge is 0.369 e. The van der Waals surface area contributed by atoms with Gasteiger partial charge in [0.2, 0.25) is 0 Å². The Labute approximate surface area is 131 Å². The lowest BCUT2D eigenvalue weighted by molar-refractivity contribution is -0.136. The van der Waals surface area contributed by atoms with E-state index in [0.29, 0.717) is 17.2 Å². The zero-order chi connectivity index (χ0) is 15.5. The van der Waals surface area contributed by atoms with Gasteiger partial charge in [-0.05, 0) is 30.7 Å². The maximum atomic E-state index is 12.0. The molecule has 4 heteroatoms. The van der Waals surface area contributed by atoms with Crippen molar-refractivity contribution in [3.63, 3.8) is 0 Å². The molecule has 1 aromatic rings. The highest BCUT2D eigenvalue weighted by atomic mass is 16.7. The molecule has 2 aliphatic rings. The SMILES string of the molecule is CC(C)c1ccc(C2=NOC(=O)C2=CN2CCCCC2)cc1. The number of carbonyl (C=O) groups excluding carboxylic acids is 1. The summed E-state index contributed by atoms with van der Waals surface area (Å²) in [6, 6.07) is 8.20. The van der Waals surface area contributed by atoms with Crippen LogP contribution in [0.1, 0.15) is 50.2 Å². The quantitative estimate of drug-likeness (QED) is 0.634. The minimum absolute atomic E-state index is 0.353. The lowest BCUT2D eigenvalue weighted by Gasteiger charge is -2.25. The highest BCUT2D eigenvalue weighted by Gasteiger charge is 2.28. The zero-order valence-electron chi connectivity index (χ0n) is 13.2. The summed E-state index contributed by atoms with van der Waals surface area (Å²) in [4.78, 5) is 19.1. The molecule has 0 unspecified atom stereocenters. The van der Waals surface area contributed by atoms with Crippen LogP contribution in [0.3, 0.4) is 0 Å². The fourth-order valence-electron chi connectivity index (χ4n) is 2.86. The number of benzene rings is 1. The van der Waals surface area contributed by atoms with Crippen molar-refractivity contribution in [3.05, 3.63) is 47.2 Å². The lowest BCUT2D eigenvalue weighted by atomic mass is 9.98. The molecule has 1 fully saturated rings. The summed E-state index contributed by atoms with van der Waals surface area (Å²) in [7, 11) is 0. The molecule has 0 radical (unpaired) electrons. The van der Waals surface area contributed by atoms with Crippen molar-refractivity contribution in [3.8, 4) is 0 Å². The van der Waals surface area contributed by atoms with E-state index in [1.165, 1.54) is 24.8 Å². The summed E-state index contributed by atoms with van der Waals surface area (Å²) in [6.07, 6.45) is 5.54. The number of hydrogen-bond donors (Lipinski definition) is 0. The van der Waals surface area contributed by atoms with E-state index in [9.17, 15) is 4.79 Å². The van der Waals surface area contributed by atoms with E-state index >= 15 is 0 Å². The fourth-order valence-corrected chi connectivity index (χ4v) is 2.86. The number of likely N-dealkylation sites (tertiary alicyclic amines) is 1. The maximum Gasteiger partial charge on any atom is 0.369 e. The van der Waals surface area contributed by atoms with Crippen LogP contribution in [0.5, 0.6) is 0 Å². The maximum absolute atomic E-state index is 12.0. The van der Waals surface area contributed by atoms with E-state index in [1.54, 1.807) is 0 Å². The molecule has 3 rings (SSSR count). The molecule has 2 aliphatic heterocycles. The highest BCUT2D eigenvalue weighted by molar-refractivity contribution is 6.28. The number of rotatable bonds is 3. The van der Waals surface area contributed by atoms with E-state index in [1.807, 2.05) is 18.3 Å². The van der Waals surface area contributed by atoms with Crippen molar-refractivity contribution >= 4 is 11.7 Å². The van der Waals surface area contributed by atoms with E-state index in [4.69, 9.17) is 4.84 Å². The van der Waals surface area contributed by atoms with E-state index in [0.717, 1.165) is 18.7 Å². The second kappa shape index (κ2) is 6.34. The molecular weight excluding hydrogens is 276 g/mol. The third-order valence-corrected chi connectivity index (χ3v) is 4.25. The van der Waals surface area contributed by atoms with Gasteiger partial charge in [0, 0.05) is 24.9 Å². The van der Waals surface area contributed by atoms with Crippen LogP contribution in [0.2, 0.25) is 0 Å². The Kier molecular flexibility index (Phi) is 4.27. The summed E-state index contributed by atoms with van der Waals surface area (Å²) in [5.41, 5.74) is 3.42. The summed E-state index contributed by atoms with van der Waals surface area (Å²) in [5.74, 6) is 0.134. The Morgan fingerprint density at radius 2 is 1.82 bits per heavy atom. The molecule has 0 atom stereocenters. The second-order valence-electron chi connectivity index (χ2n) is 6.23. The molecule has 4 nitrogen and oxygen atoms in total. The van der Waals surface area contributed by atoms with Crippen molar-refractivity contribution in [1.29, 1.82) is 0 Å². The molecule has 116 valence electrons. The minimum Gasteiger partial charge on any atom is -0.377 e. The average molecular weight is 298 g/mol. The molecule has 22 heavy (non-hydrogen) atoms. The molecule has 1 saturated heterocycles. The van der Waals surface area contributed by atoms with Crippen LogP contribution in [-0.4, -0.2) is 29.7 Å². The Morgan fingerprint density at radius 1 is 1.14 bits per heavy atom. The molecule has 0 amide bonds. The third-order valence-electron chi connectivity index (χ3n) is 4.25. The van der Waals surface area contributed by atoms with Gasteiger partial charge in [-0.15, -0.1) is 0 Å². The van der Waals surface area contributed by atoms with Gasteiger partial charge < -0.3 is 9.74 Å². The van der Waals surface area contributed by atoms with Crippen molar-refractivity contribution < 1.29 is 9.63 Å². The highest BCUT2D eigenvalue weighted by Crippen LogP contribution is 2.22. The first-order chi connectivity index (χ1) is 10.6. The average Bonchev–Trinajstić information content (AvgIpc) is 2.89. The van der Waals surface area contributed by atoms with Gasteiger partial charge in [0.15, 0.2) is 0 Å². The fraction of sp³-hybridized carbons (Fsp3) is 0.444. The van der Waals surface area contributed by atoms with Crippen molar-refractivity contribution in [1.82, 2.24) is 4.90 Å². The molecule has 0 N–H and O–H groups in total. The lowest BCUT2D eigenvalue weighted by Crippen LogP contribution is -2.26. The Hall–Kier alpha value is -2.10. The first-order valence-electron chi connectivity index (χ1n) is 8.01. The largest absolute Gasteiger partial charge is 0.377 e. The van der Waals surface area contributed by atoms with Crippen molar-refractivity contribution in [2.75, 3.05) is 13.1 Å². The van der Waals surface area contributed by atoms with Gasteiger partial charge in [-0.1, -0.05) is 43.3 Å². The normalized spacial score (nSPS) is 20.5. The van der Waals surface area contributed by atoms with Crippen LogP contribution in [0.15, 0.2) is 41.2 Å². The summed E-state index contributed by atoms with van der Waals surface area (Å²) < 4.78 is 0. The molecule has 2 heterocycles. The molecule has 0 bridgehead atoms. The van der Waals surface area contributed by atoms with Crippen LogP contribution in [-0.2, 0) is 9.63 Å². The van der Waals surface area contributed by atoms with Crippen LogP contribution in [0, 0.1) is 0 Å². The van der Waals surface area contributed by atoms with Crippen LogP contribution in [0.4, 0.5) is 0 Å². The monoisotopic (exact) mass is 298 g/mol. The van der Waals surface area contributed by atoms with Gasteiger partial charge in [-0.3, -0.25) is 0 Å². The number of oxime groups is 1. The Morgan fingerprint density at radius 3 is 2.45 bits per heavy atom. The van der Waals surface area contributed by atoms with Gasteiger partial charge in [0.1, 0.15) is 11.3 Å². The van der Waals surface area contributed by atoms with Gasteiger partial charge in [-0.2, -0.15) is 0 Å². The van der Waals surface area contributed by atoms with Crippen LogP contribution < -0.4 is 0 Å². The molecule has 0 aliphatic carbocycles. The first-order valence-corrected chi connectivity index (χ1v) is 8.01. The van der Waals surface area contributed by atoms with Crippen molar-refractivity contribution in [2.24, 2.45) is 5.16 Å². The Balaban J connectivity index is 1.85. The van der Waals surface area contributed by atoms with Gasteiger partial charge in [-0.25, -0.2) is 4.79 Å². The molecule has 1 aromatic carbocycles. The number of piperidine rings is 1. The van der Waals surface area contributed by atoms with Gasteiger partial charge in [0.05, 0.1) is 0 Å². The summed E-state index contributed by atoms with van der Waals surface area (Å²) in [5, 5.41) is 3.98. The van der Waals surface area contributed by atoms with Gasteiger partial charge in [0.25, 0.3) is 0 Å². The zero-order valence-corrected chi connectivity index (χ0v) is 13.2. The van der Waals surface area contributed by atoms with E-state index in [2.05, 4.69) is 36.0 Å². The second-order valence-corrected chi connectivity index (χ2v) is 6.23. The number of nitrogens with zero attached hydrogens (tertiary/aromatic N) is 2. The van der Waals surface area contributed by atoms with Crippen LogP contribution in [0.25, 0.3) is 0 Å².